The molecule has 0 radical (unpaired) electrons. The standard InChI is InChI=1S/C56H56FN7O3/c1-32(2)36-14-16-37(17-15-36)54-60-52-48(63(54)34(4)65)21-20-46-44(51(67)39(31-59)28-55(46,52)5)27-35-10-9-11-41(26-35)62-24-22-40(23-25-62)64-53-43(49(61-64)42-12-7-8-13-47(42)57)18-19-45-33(3)50(66)38(30-58)29-56(45,53)6/h7-17,26,28-29,32-33,40,44-46H,18-25,27H2,1-6H3/t33-,44-,45-,46-,55-,56-/m1/s1. The van der Waals surface area contributed by atoms with Crippen LogP contribution in [-0.4, -0.2) is 49.9 Å². The van der Waals surface area contributed by atoms with E-state index in [4.69, 9.17) is 10.1 Å². The van der Waals surface area contributed by atoms with Gasteiger partial charge in [-0.25, -0.2) is 9.37 Å². The molecule has 0 amide bonds. The Bertz CT molecular complexity index is 3020. The van der Waals surface area contributed by atoms with Crippen LogP contribution in [0.5, 0.6) is 0 Å². The summed E-state index contributed by atoms with van der Waals surface area (Å²) in [5.74, 6) is -0.658. The number of aromatic nitrogens is 4. The molecule has 3 aromatic carbocycles. The Morgan fingerprint density at radius 3 is 2.24 bits per heavy atom. The largest absolute Gasteiger partial charge is 0.371 e. The van der Waals surface area contributed by atoms with Crippen molar-refractivity contribution in [3.05, 3.63) is 136 Å². The minimum atomic E-state index is -0.740. The predicted molar refractivity (Wildman–Crippen MR) is 255 cm³/mol. The number of rotatable bonds is 7. The van der Waals surface area contributed by atoms with Gasteiger partial charge in [-0.1, -0.05) is 95.3 Å². The van der Waals surface area contributed by atoms with Crippen LogP contribution in [0.3, 0.4) is 0 Å². The van der Waals surface area contributed by atoms with Gasteiger partial charge in [0.1, 0.15) is 23.8 Å². The van der Waals surface area contributed by atoms with Gasteiger partial charge in [-0.05, 0) is 98.1 Å². The van der Waals surface area contributed by atoms with Gasteiger partial charge in [-0.3, -0.25) is 23.6 Å². The highest BCUT2D eigenvalue weighted by atomic mass is 19.1. The molecule has 6 atom stereocenters. The van der Waals surface area contributed by atoms with E-state index in [0.717, 1.165) is 71.8 Å². The first-order valence-corrected chi connectivity index (χ1v) is 23.9. The summed E-state index contributed by atoms with van der Waals surface area (Å²) in [4.78, 5) is 48.5. The molecule has 10 rings (SSSR count). The number of imidazole rings is 1. The fourth-order valence-electron chi connectivity index (χ4n) is 12.8. The maximum Gasteiger partial charge on any atom is 0.229 e. The number of carbonyl (C=O) groups is 3. The molecule has 3 heterocycles. The van der Waals surface area contributed by atoms with E-state index in [1.807, 2.05) is 43.3 Å². The van der Waals surface area contributed by atoms with E-state index < -0.39 is 16.7 Å². The Labute approximate surface area is 391 Å². The normalized spacial score (nSPS) is 25.9. The van der Waals surface area contributed by atoms with Crippen molar-refractivity contribution in [2.75, 3.05) is 18.0 Å². The number of carbonyl (C=O) groups excluding carboxylic acids is 3. The number of halogens is 1. The lowest BCUT2D eigenvalue weighted by Gasteiger charge is -2.46. The zero-order valence-corrected chi connectivity index (χ0v) is 39.1. The Hall–Kier alpha value is -6.72. The lowest BCUT2D eigenvalue weighted by Crippen LogP contribution is -2.47. The second kappa shape index (κ2) is 16.6. The van der Waals surface area contributed by atoms with Gasteiger partial charge in [0, 0.05) is 70.8 Å². The summed E-state index contributed by atoms with van der Waals surface area (Å²) in [6.45, 7) is 13.5. The van der Waals surface area contributed by atoms with Crippen LogP contribution in [0.4, 0.5) is 10.1 Å². The number of ketones is 2. The zero-order chi connectivity index (χ0) is 47.1. The van der Waals surface area contributed by atoms with Crippen LogP contribution in [-0.2, 0) is 39.7 Å². The molecule has 1 saturated heterocycles. The Morgan fingerprint density at radius 1 is 0.866 bits per heavy atom. The van der Waals surface area contributed by atoms with Gasteiger partial charge < -0.3 is 4.90 Å². The van der Waals surface area contributed by atoms with Crippen molar-refractivity contribution in [1.82, 2.24) is 19.3 Å². The van der Waals surface area contributed by atoms with Crippen molar-refractivity contribution in [3.8, 4) is 34.8 Å². The smallest absolute Gasteiger partial charge is 0.229 e. The molecule has 0 bridgehead atoms. The second-order valence-electron chi connectivity index (χ2n) is 20.4. The van der Waals surface area contributed by atoms with E-state index in [2.05, 4.69) is 79.7 Å². The fourth-order valence-corrected chi connectivity index (χ4v) is 12.8. The van der Waals surface area contributed by atoms with E-state index in [-0.39, 0.29) is 58.2 Å². The van der Waals surface area contributed by atoms with Crippen molar-refractivity contribution in [2.45, 2.75) is 109 Å². The quantitative estimate of drug-likeness (QED) is 0.157. The van der Waals surface area contributed by atoms with E-state index in [1.54, 1.807) is 23.6 Å². The topological polar surface area (TPSA) is 138 Å². The first kappa shape index (κ1) is 44.1. The molecule has 0 N–H and O–H groups in total. The van der Waals surface area contributed by atoms with Gasteiger partial charge in [-0.2, -0.15) is 15.6 Å². The fraction of sp³-hybridized carbons (Fsp3) is 0.411. The Kier molecular flexibility index (Phi) is 10.9. The maximum absolute atomic E-state index is 15.5. The number of piperidine rings is 1. The molecule has 1 aliphatic heterocycles. The predicted octanol–water partition coefficient (Wildman–Crippen LogP) is 10.4. The average molecular weight is 894 g/mol. The molecule has 11 heteroatoms. The highest BCUT2D eigenvalue weighted by Crippen LogP contribution is 2.54. The van der Waals surface area contributed by atoms with Gasteiger partial charge in [-0.15, -0.1) is 0 Å². The molecular weight excluding hydrogens is 838 g/mol. The molecule has 4 aliphatic carbocycles. The number of Topliss-reactive ketones (excluding diaryl/α,β-unsaturated/α-hetero) is 2. The van der Waals surface area contributed by atoms with E-state index in [1.165, 1.54) is 11.6 Å². The van der Waals surface area contributed by atoms with Crippen LogP contribution in [0.2, 0.25) is 0 Å². The number of fused-ring (bicyclic) bond motifs is 6. The lowest BCUT2D eigenvalue weighted by atomic mass is 9.57. The summed E-state index contributed by atoms with van der Waals surface area (Å²) in [6.07, 6.45) is 8.38. The minimum Gasteiger partial charge on any atom is -0.371 e. The molecule has 10 nitrogen and oxygen atoms in total. The third-order valence-corrected chi connectivity index (χ3v) is 16.3. The number of hydrogen-bond acceptors (Lipinski definition) is 8. The van der Waals surface area contributed by atoms with Crippen LogP contribution in [0.1, 0.15) is 118 Å². The molecular formula is C56H56FN7O3. The van der Waals surface area contributed by atoms with Gasteiger partial charge in [0.15, 0.2) is 11.6 Å². The summed E-state index contributed by atoms with van der Waals surface area (Å²) >= 11 is 0. The van der Waals surface area contributed by atoms with E-state index in [9.17, 15) is 24.9 Å². The molecule has 67 heavy (non-hydrogen) atoms. The third-order valence-electron chi connectivity index (χ3n) is 16.3. The molecule has 5 aromatic rings. The molecule has 0 saturated carbocycles. The number of nitrogens with zero attached hydrogens (tertiary/aromatic N) is 7. The second-order valence-corrected chi connectivity index (χ2v) is 20.4. The molecule has 2 aromatic heterocycles. The van der Waals surface area contributed by atoms with Crippen LogP contribution in [0, 0.1) is 52.2 Å². The van der Waals surface area contributed by atoms with Crippen LogP contribution in [0.15, 0.2) is 96.1 Å². The highest BCUT2D eigenvalue weighted by Gasteiger charge is 2.53. The molecule has 0 spiro atoms. The summed E-state index contributed by atoms with van der Waals surface area (Å²) in [5.41, 5.74) is 7.78. The third kappa shape index (κ3) is 7.03. The minimum absolute atomic E-state index is 0.00691. The van der Waals surface area contributed by atoms with Gasteiger partial charge in [0.05, 0.1) is 34.3 Å². The summed E-state index contributed by atoms with van der Waals surface area (Å²) in [7, 11) is 0. The van der Waals surface area contributed by atoms with Crippen LogP contribution in [0.25, 0.3) is 22.6 Å². The number of allylic oxidation sites excluding steroid dienone is 4. The Balaban J connectivity index is 0.929. The van der Waals surface area contributed by atoms with Crippen LogP contribution < -0.4 is 4.90 Å². The SMILES string of the molecule is CC(=O)n1c(-c2ccc(C(C)C)cc2)nc2c1CC[C@@H]1[C@@H](Cc3cccc(N4CCC(n5nc(-c6ccccc6F)c6c5[C@]5(C)C=C(C#N)C(=O)[C@H](C)[C@H]5CC6)CC4)c3)C(=O)C(C#N)=C[C@@]21C. The Morgan fingerprint density at radius 2 is 1.55 bits per heavy atom. The van der Waals surface area contributed by atoms with Gasteiger partial charge >= 0.3 is 0 Å². The lowest BCUT2D eigenvalue weighted by molar-refractivity contribution is -0.122. The summed E-state index contributed by atoms with van der Waals surface area (Å²) in [5, 5.41) is 25.7. The number of benzene rings is 3. The van der Waals surface area contributed by atoms with Crippen molar-refractivity contribution in [2.24, 2.45) is 23.7 Å². The van der Waals surface area contributed by atoms with Gasteiger partial charge in [0.2, 0.25) is 5.91 Å². The van der Waals surface area contributed by atoms with Crippen LogP contribution >= 0.6 is 0 Å². The average Bonchev–Trinajstić information content (AvgIpc) is 3.93. The number of hydrogen-bond donors (Lipinski definition) is 0. The van der Waals surface area contributed by atoms with Gasteiger partial charge in [0.25, 0.3) is 0 Å². The van der Waals surface area contributed by atoms with Crippen molar-refractivity contribution in [3.63, 3.8) is 0 Å². The van der Waals surface area contributed by atoms with E-state index >= 15 is 4.39 Å². The first-order valence-electron chi connectivity index (χ1n) is 23.9. The van der Waals surface area contributed by atoms with Crippen molar-refractivity contribution >= 4 is 23.2 Å². The monoisotopic (exact) mass is 893 g/mol. The molecule has 0 unspecified atom stereocenters. The first-order chi connectivity index (χ1) is 32.2. The van der Waals surface area contributed by atoms with Crippen molar-refractivity contribution < 1.29 is 18.8 Å². The summed E-state index contributed by atoms with van der Waals surface area (Å²) < 4.78 is 19.4. The zero-order valence-electron chi connectivity index (χ0n) is 39.1. The van der Waals surface area contributed by atoms with E-state index in [0.29, 0.717) is 48.7 Å². The number of anilines is 1. The highest BCUT2D eigenvalue weighted by molar-refractivity contribution is 6.03. The van der Waals surface area contributed by atoms with Crippen molar-refractivity contribution in [1.29, 1.82) is 10.5 Å². The maximum atomic E-state index is 15.5. The molecule has 1 fully saturated rings. The summed E-state index contributed by atoms with van der Waals surface area (Å²) in [6, 6.07) is 27.8. The molecule has 5 aliphatic rings. The molecule has 340 valence electrons. The number of nitriles is 2.